The quantitative estimate of drug-likeness (QED) is 0.744. The van der Waals surface area contributed by atoms with E-state index in [9.17, 15) is 4.79 Å². The van der Waals surface area contributed by atoms with Crippen molar-refractivity contribution in [1.29, 1.82) is 0 Å². The van der Waals surface area contributed by atoms with Crippen molar-refractivity contribution in [2.45, 2.75) is 51.2 Å². The van der Waals surface area contributed by atoms with E-state index in [1.54, 1.807) is 0 Å². The van der Waals surface area contributed by atoms with E-state index in [1.807, 2.05) is 18.2 Å². The fraction of sp³-hybridized carbons (Fsp3) is 0.500. The van der Waals surface area contributed by atoms with E-state index < -0.39 is 0 Å². The first-order chi connectivity index (χ1) is 11.5. The zero-order valence-corrected chi connectivity index (χ0v) is 15.6. The predicted molar refractivity (Wildman–Crippen MR) is 98.4 cm³/mol. The number of rotatable bonds is 8. The van der Waals surface area contributed by atoms with E-state index in [0.29, 0.717) is 18.2 Å². The molecule has 0 aliphatic rings. The molecule has 0 saturated heterocycles. The van der Waals surface area contributed by atoms with E-state index >= 15 is 0 Å². The molecule has 2 aromatic rings. The van der Waals surface area contributed by atoms with E-state index in [4.69, 9.17) is 0 Å². The molecular weight excluding hydrogens is 320 g/mol. The molecule has 0 atom stereocenters. The van der Waals surface area contributed by atoms with Crippen LogP contribution in [-0.4, -0.2) is 33.0 Å². The van der Waals surface area contributed by atoms with Gasteiger partial charge < -0.3 is 9.88 Å². The summed E-state index contributed by atoms with van der Waals surface area (Å²) in [6.07, 6.45) is 0.844. The minimum Gasteiger partial charge on any atom is -0.355 e. The molecule has 24 heavy (non-hydrogen) atoms. The van der Waals surface area contributed by atoms with Crippen LogP contribution < -0.4 is 5.32 Å². The first-order valence-electron chi connectivity index (χ1n) is 8.37. The van der Waals surface area contributed by atoms with Crippen molar-refractivity contribution < 1.29 is 4.79 Å². The van der Waals surface area contributed by atoms with E-state index in [-0.39, 0.29) is 11.9 Å². The molecule has 0 bridgehead atoms. The number of benzene rings is 1. The van der Waals surface area contributed by atoms with Crippen molar-refractivity contribution in [3.05, 3.63) is 41.7 Å². The monoisotopic (exact) mass is 346 g/mol. The van der Waals surface area contributed by atoms with Crippen LogP contribution in [-0.2, 0) is 11.2 Å². The molecular formula is C18H26N4OS. The van der Waals surface area contributed by atoms with Crippen molar-refractivity contribution in [2.24, 2.45) is 0 Å². The van der Waals surface area contributed by atoms with Crippen molar-refractivity contribution >= 4 is 17.7 Å². The summed E-state index contributed by atoms with van der Waals surface area (Å²) in [5, 5.41) is 12.3. The number of amides is 1. The van der Waals surface area contributed by atoms with Gasteiger partial charge in [0.1, 0.15) is 5.82 Å². The van der Waals surface area contributed by atoms with Gasteiger partial charge in [-0.2, -0.15) is 0 Å². The largest absolute Gasteiger partial charge is 0.355 e. The van der Waals surface area contributed by atoms with Gasteiger partial charge in [-0.05, 0) is 25.8 Å². The van der Waals surface area contributed by atoms with Gasteiger partial charge in [0.05, 0.1) is 5.75 Å². The maximum absolute atomic E-state index is 12.0. The lowest BCUT2D eigenvalue weighted by Crippen LogP contribution is -2.27. The highest BCUT2D eigenvalue weighted by Crippen LogP contribution is 2.25. The molecule has 0 aliphatic heterocycles. The van der Waals surface area contributed by atoms with Crippen molar-refractivity contribution in [1.82, 2.24) is 20.1 Å². The Hall–Kier alpha value is -1.82. The lowest BCUT2D eigenvalue weighted by molar-refractivity contribution is -0.118. The summed E-state index contributed by atoms with van der Waals surface area (Å²) >= 11 is 1.45. The number of aromatic nitrogens is 3. The fourth-order valence-electron chi connectivity index (χ4n) is 2.44. The molecule has 5 nitrogen and oxygen atoms in total. The topological polar surface area (TPSA) is 59.8 Å². The first-order valence-corrected chi connectivity index (χ1v) is 9.35. The highest BCUT2D eigenvalue weighted by molar-refractivity contribution is 7.99. The summed E-state index contributed by atoms with van der Waals surface area (Å²) in [7, 11) is 0. The van der Waals surface area contributed by atoms with Crippen LogP contribution in [0.1, 0.15) is 51.0 Å². The van der Waals surface area contributed by atoms with Crippen LogP contribution in [0.5, 0.6) is 0 Å². The third-order valence-electron chi connectivity index (χ3n) is 3.63. The summed E-state index contributed by atoms with van der Waals surface area (Å²) in [5.41, 5.74) is 1.23. The van der Waals surface area contributed by atoms with Gasteiger partial charge in [-0.25, -0.2) is 0 Å². The Bertz CT molecular complexity index is 652. The molecule has 130 valence electrons. The average Bonchev–Trinajstić information content (AvgIpc) is 2.98. The number of thioether (sulfide) groups is 1. The molecule has 1 heterocycles. The van der Waals surface area contributed by atoms with Crippen LogP contribution in [0.25, 0.3) is 0 Å². The molecule has 0 unspecified atom stereocenters. The standard InChI is InChI=1S/C18H26N4OS/c1-13(2)17-20-21-18(22(17)14(3)4)24-12-16(23)19-11-10-15-8-6-5-7-9-15/h5-9,13-14H,10-12H2,1-4H3,(H,19,23). The molecule has 6 heteroatoms. The smallest absolute Gasteiger partial charge is 0.230 e. The number of hydrogen-bond acceptors (Lipinski definition) is 4. The number of nitrogens with one attached hydrogen (secondary N) is 1. The van der Waals surface area contributed by atoms with Gasteiger partial charge in [-0.1, -0.05) is 55.9 Å². The van der Waals surface area contributed by atoms with Crippen LogP contribution in [0.15, 0.2) is 35.5 Å². The second kappa shape index (κ2) is 8.87. The molecule has 1 amide bonds. The molecule has 2 rings (SSSR count). The lowest BCUT2D eigenvalue weighted by atomic mass is 10.1. The summed E-state index contributed by atoms with van der Waals surface area (Å²) in [4.78, 5) is 12.0. The third-order valence-corrected chi connectivity index (χ3v) is 4.58. The lowest BCUT2D eigenvalue weighted by Gasteiger charge is -2.15. The van der Waals surface area contributed by atoms with Crippen LogP contribution in [0.3, 0.4) is 0 Å². The molecule has 0 aliphatic carbocycles. The van der Waals surface area contributed by atoms with Gasteiger partial charge in [0.2, 0.25) is 5.91 Å². The Morgan fingerprint density at radius 2 is 1.88 bits per heavy atom. The van der Waals surface area contributed by atoms with E-state index in [0.717, 1.165) is 17.4 Å². The van der Waals surface area contributed by atoms with Crippen molar-refractivity contribution in [3.8, 4) is 0 Å². The second-order valence-electron chi connectivity index (χ2n) is 6.33. The molecule has 0 fully saturated rings. The summed E-state index contributed by atoms with van der Waals surface area (Å²) < 4.78 is 2.12. The van der Waals surface area contributed by atoms with Crippen molar-refractivity contribution in [3.63, 3.8) is 0 Å². The SMILES string of the molecule is CC(C)c1nnc(SCC(=O)NCCc2ccccc2)n1C(C)C. The highest BCUT2D eigenvalue weighted by atomic mass is 32.2. The zero-order chi connectivity index (χ0) is 17.5. The number of carbonyl (C=O) groups excluding carboxylic acids is 1. The molecule has 0 radical (unpaired) electrons. The Morgan fingerprint density at radius 3 is 2.50 bits per heavy atom. The van der Waals surface area contributed by atoms with Crippen LogP contribution in [0.2, 0.25) is 0 Å². The number of hydrogen-bond donors (Lipinski definition) is 1. The number of carbonyl (C=O) groups is 1. The van der Waals surface area contributed by atoms with Gasteiger partial charge >= 0.3 is 0 Å². The maximum atomic E-state index is 12.0. The Balaban J connectivity index is 1.83. The average molecular weight is 347 g/mol. The van der Waals surface area contributed by atoms with Gasteiger partial charge in [0.25, 0.3) is 0 Å². The zero-order valence-electron chi connectivity index (χ0n) is 14.8. The van der Waals surface area contributed by atoms with Crippen LogP contribution in [0, 0.1) is 0 Å². The molecule has 0 spiro atoms. The molecule has 1 aromatic heterocycles. The fourth-order valence-corrected chi connectivity index (χ4v) is 3.34. The van der Waals surface area contributed by atoms with E-state index in [2.05, 4.69) is 59.9 Å². The van der Waals surface area contributed by atoms with Crippen LogP contribution in [0.4, 0.5) is 0 Å². The van der Waals surface area contributed by atoms with E-state index in [1.165, 1.54) is 17.3 Å². The predicted octanol–water partition coefficient (Wildman–Crippen LogP) is 3.43. The molecule has 0 saturated carbocycles. The molecule has 1 aromatic carbocycles. The Morgan fingerprint density at radius 1 is 1.17 bits per heavy atom. The normalized spacial score (nSPS) is 11.2. The van der Waals surface area contributed by atoms with Crippen LogP contribution >= 0.6 is 11.8 Å². The maximum Gasteiger partial charge on any atom is 0.230 e. The van der Waals surface area contributed by atoms with Gasteiger partial charge in [0, 0.05) is 18.5 Å². The summed E-state index contributed by atoms with van der Waals surface area (Å²) in [5.74, 6) is 1.67. The minimum atomic E-state index is 0.0281. The highest BCUT2D eigenvalue weighted by Gasteiger charge is 2.18. The number of nitrogens with zero attached hydrogens (tertiary/aromatic N) is 3. The van der Waals surface area contributed by atoms with Gasteiger partial charge in [-0.3, -0.25) is 4.79 Å². The van der Waals surface area contributed by atoms with Gasteiger partial charge in [-0.15, -0.1) is 10.2 Å². The first kappa shape index (κ1) is 18.5. The Kier molecular flexibility index (Phi) is 6.85. The minimum absolute atomic E-state index is 0.0281. The summed E-state index contributed by atoms with van der Waals surface area (Å²) in [6, 6.07) is 10.4. The van der Waals surface area contributed by atoms with Gasteiger partial charge in [0.15, 0.2) is 5.16 Å². The van der Waals surface area contributed by atoms with Crippen molar-refractivity contribution in [2.75, 3.05) is 12.3 Å². The Labute approximate surface area is 148 Å². The molecule has 1 N–H and O–H groups in total. The summed E-state index contributed by atoms with van der Waals surface area (Å²) in [6.45, 7) is 9.08. The second-order valence-corrected chi connectivity index (χ2v) is 7.28. The third kappa shape index (κ3) is 5.09.